The summed E-state index contributed by atoms with van der Waals surface area (Å²) < 4.78 is 6.54. The molecule has 10 heteroatoms. The molecule has 2 aromatic carbocycles. The number of ether oxygens (including phenoxy) is 1. The lowest BCUT2D eigenvalue weighted by Gasteiger charge is -2.27. The van der Waals surface area contributed by atoms with Crippen molar-refractivity contribution < 1.29 is 19.1 Å². The van der Waals surface area contributed by atoms with Crippen molar-refractivity contribution in [3.8, 4) is 5.75 Å². The molecule has 2 saturated heterocycles. The molecule has 3 amide bonds. The van der Waals surface area contributed by atoms with Gasteiger partial charge in [-0.1, -0.05) is 35.3 Å². The average Bonchev–Trinajstić information content (AvgIpc) is 3.07. The molecule has 0 N–H and O–H groups in total. The molecule has 0 radical (unpaired) electrons. The van der Waals surface area contributed by atoms with E-state index in [0.29, 0.717) is 33.4 Å². The molecule has 2 aromatic rings. The highest BCUT2D eigenvalue weighted by Gasteiger charge is 2.37. The lowest BCUT2D eigenvalue weighted by atomic mass is 10.1. The number of rotatable bonds is 6. The molecule has 0 unspecified atom stereocenters. The summed E-state index contributed by atoms with van der Waals surface area (Å²) in [5.74, 6) is -0.0362. The zero-order valence-electron chi connectivity index (χ0n) is 18.1. The summed E-state index contributed by atoms with van der Waals surface area (Å²) in [7, 11) is 0. The van der Waals surface area contributed by atoms with Crippen LogP contribution >= 0.6 is 50.9 Å². The Kier molecular flexibility index (Phi) is 8.24. The number of piperidine rings is 1. The van der Waals surface area contributed by atoms with Crippen LogP contribution in [0.15, 0.2) is 45.8 Å². The first-order valence-electron chi connectivity index (χ1n) is 10.7. The van der Waals surface area contributed by atoms with Crippen molar-refractivity contribution in [1.82, 2.24) is 9.80 Å². The Bertz CT molecular complexity index is 1170. The van der Waals surface area contributed by atoms with Gasteiger partial charge in [0.25, 0.3) is 11.1 Å². The molecule has 0 saturated carbocycles. The first kappa shape index (κ1) is 25.1. The Labute approximate surface area is 220 Å². The molecule has 2 fully saturated rings. The minimum Gasteiger partial charge on any atom is -0.488 e. The van der Waals surface area contributed by atoms with Gasteiger partial charge in [0.2, 0.25) is 5.91 Å². The molecule has 6 nitrogen and oxygen atoms in total. The molecular formula is C24H21BrCl2N2O4S. The minimum absolute atomic E-state index is 0.187. The fourth-order valence-corrected chi connectivity index (χ4v) is 5.50. The second-order valence-electron chi connectivity index (χ2n) is 7.92. The van der Waals surface area contributed by atoms with Gasteiger partial charge < -0.3 is 9.64 Å². The predicted molar refractivity (Wildman–Crippen MR) is 138 cm³/mol. The van der Waals surface area contributed by atoms with Crippen LogP contribution in [0.1, 0.15) is 30.4 Å². The van der Waals surface area contributed by atoms with Gasteiger partial charge in [0.1, 0.15) is 18.9 Å². The second-order valence-corrected chi connectivity index (χ2v) is 10.6. The molecule has 0 spiro atoms. The molecule has 4 rings (SSSR count). The second kappa shape index (κ2) is 11.2. The van der Waals surface area contributed by atoms with Gasteiger partial charge >= 0.3 is 0 Å². The maximum Gasteiger partial charge on any atom is 0.294 e. The van der Waals surface area contributed by atoms with Crippen LogP contribution in [0, 0.1) is 0 Å². The molecule has 34 heavy (non-hydrogen) atoms. The number of carbonyl (C=O) groups excluding carboxylic acids is 3. The van der Waals surface area contributed by atoms with Crippen molar-refractivity contribution in [3.63, 3.8) is 0 Å². The lowest BCUT2D eigenvalue weighted by Crippen LogP contribution is -2.44. The van der Waals surface area contributed by atoms with Gasteiger partial charge in [0, 0.05) is 28.7 Å². The van der Waals surface area contributed by atoms with E-state index in [9.17, 15) is 14.4 Å². The number of thioether (sulfide) groups is 1. The standard InChI is InChI=1S/C24H21BrCl2N2O4S/c25-18-10-15(4-7-20(18)33-14-16-5-6-17(26)12-19(16)27)11-21-23(31)29(24(32)34-21)13-22(30)28-8-2-1-3-9-28/h4-7,10-12H,1-3,8-9,13-14H2/b21-11+. The Morgan fingerprint density at radius 2 is 1.85 bits per heavy atom. The number of carbonyl (C=O) groups is 3. The zero-order chi connectivity index (χ0) is 24.2. The van der Waals surface area contributed by atoms with Crippen LogP contribution in [0.4, 0.5) is 4.79 Å². The van der Waals surface area contributed by atoms with E-state index >= 15 is 0 Å². The fraction of sp³-hybridized carbons (Fsp3) is 0.292. The van der Waals surface area contributed by atoms with E-state index in [1.54, 1.807) is 47.4 Å². The first-order valence-corrected chi connectivity index (χ1v) is 13.1. The van der Waals surface area contributed by atoms with Crippen LogP contribution < -0.4 is 4.74 Å². The van der Waals surface area contributed by atoms with Crippen LogP contribution in [-0.4, -0.2) is 46.5 Å². The smallest absolute Gasteiger partial charge is 0.294 e. The molecular weight excluding hydrogens is 563 g/mol. The molecule has 0 aliphatic carbocycles. The third-order valence-electron chi connectivity index (χ3n) is 5.53. The molecule has 0 bridgehead atoms. The van der Waals surface area contributed by atoms with Crippen molar-refractivity contribution in [2.24, 2.45) is 0 Å². The normalized spacial score (nSPS) is 17.6. The van der Waals surface area contributed by atoms with E-state index in [1.807, 2.05) is 0 Å². The van der Waals surface area contributed by atoms with Crippen LogP contribution in [-0.2, 0) is 16.2 Å². The van der Waals surface area contributed by atoms with E-state index in [1.165, 1.54) is 0 Å². The summed E-state index contributed by atoms with van der Waals surface area (Å²) in [6.45, 7) is 1.40. The van der Waals surface area contributed by atoms with Crippen LogP contribution in [0.3, 0.4) is 0 Å². The summed E-state index contributed by atoms with van der Waals surface area (Å²) >= 11 is 16.5. The van der Waals surface area contributed by atoms with Gasteiger partial charge in [-0.25, -0.2) is 0 Å². The van der Waals surface area contributed by atoms with Crippen molar-refractivity contribution in [1.29, 1.82) is 0 Å². The van der Waals surface area contributed by atoms with Gasteiger partial charge in [-0.05, 0) is 82.9 Å². The molecule has 178 valence electrons. The van der Waals surface area contributed by atoms with E-state index in [2.05, 4.69) is 15.9 Å². The fourth-order valence-electron chi connectivity index (χ4n) is 3.68. The Balaban J connectivity index is 1.41. The molecule has 0 atom stereocenters. The van der Waals surface area contributed by atoms with E-state index < -0.39 is 11.1 Å². The van der Waals surface area contributed by atoms with Gasteiger partial charge in [0.15, 0.2) is 0 Å². The summed E-state index contributed by atoms with van der Waals surface area (Å²) in [6.07, 6.45) is 4.65. The van der Waals surface area contributed by atoms with E-state index in [4.69, 9.17) is 27.9 Å². The van der Waals surface area contributed by atoms with Crippen LogP contribution in [0.5, 0.6) is 5.75 Å². The third kappa shape index (κ3) is 5.97. The summed E-state index contributed by atoms with van der Waals surface area (Å²) in [6, 6.07) is 10.6. The van der Waals surface area contributed by atoms with Gasteiger partial charge in [0.05, 0.1) is 9.38 Å². The number of hydrogen-bond donors (Lipinski definition) is 0. The van der Waals surface area contributed by atoms with Gasteiger partial charge in [-0.2, -0.15) is 0 Å². The third-order valence-corrected chi connectivity index (χ3v) is 7.64. The average molecular weight is 584 g/mol. The Hall–Kier alpha value is -2.00. The van der Waals surface area contributed by atoms with Gasteiger partial charge in [-0.15, -0.1) is 0 Å². The Morgan fingerprint density at radius 3 is 2.56 bits per heavy atom. The maximum atomic E-state index is 12.8. The van der Waals surface area contributed by atoms with Crippen molar-refractivity contribution >= 4 is 74.0 Å². The maximum absolute atomic E-state index is 12.8. The van der Waals surface area contributed by atoms with Crippen molar-refractivity contribution in [2.75, 3.05) is 19.6 Å². The molecule has 2 aliphatic rings. The SMILES string of the molecule is O=C(CN1C(=O)S/C(=C/c2ccc(OCc3ccc(Cl)cc3Cl)c(Br)c2)C1=O)N1CCCCC1. The highest BCUT2D eigenvalue weighted by atomic mass is 79.9. The summed E-state index contributed by atoms with van der Waals surface area (Å²) in [5.41, 5.74) is 1.52. The lowest BCUT2D eigenvalue weighted by molar-refractivity contribution is -0.136. The van der Waals surface area contributed by atoms with E-state index in [-0.39, 0.29) is 24.0 Å². The molecule has 2 aliphatic heterocycles. The highest BCUT2D eigenvalue weighted by molar-refractivity contribution is 9.10. The number of imide groups is 1. The van der Waals surface area contributed by atoms with E-state index in [0.717, 1.165) is 47.1 Å². The molecule has 0 aromatic heterocycles. The van der Waals surface area contributed by atoms with Gasteiger partial charge in [-0.3, -0.25) is 19.3 Å². The zero-order valence-corrected chi connectivity index (χ0v) is 22.0. The number of benzene rings is 2. The first-order chi connectivity index (χ1) is 16.3. The largest absolute Gasteiger partial charge is 0.488 e. The van der Waals surface area contributed by atoms with Crippen LogP contribution in [0.2, 0.25) is 10.0 Å². The minimum atomic E-state index is -0.450. The summed E-state index contributed by atoms with van der Waals surface area (Å²) in [5, 5.41) is 0.648. The number of halogens is 3. The van der Waals surface area contributed by atoms with Crippen LogP contribution in [0.25, 0.3) is 6.08 Å². The number of nitrogens with zero attached hydrogens (tertiary/aromatic N) is 2. The molecule has 2 heterocycles. The summed E-state index contributed by atoms with van der Waals surface area (Å²) in [4.78, 5) is 40.7. The predicted octanol–water partition coefficient (Wildman–Crippen LogP) is 6.38. The number of hydrogen-bond acceptors (Lipinski definition) is 5. The van der Waals surface area contributed by atoms with Crippen molar-refractivity contribution in [2.45, 2.75) is 25.9 Å². The Morgan fingerprint density at radius 1 is 1.09 bits per heavy atom. The number of amides is 3. The quantitative estimate of drug-likeness (QED) is 0.369. The number of likely N-dealkylation sites (tertiary alicyclic amines) is 1. The van der Waals surface area contributed by atoms with Crippen molar-refractivity contribution in [3.05, 3.63) is 66.9 Å². The highest BCUT2D eigenvalue weighted by Crippen LogP contribution is 2.34. The monoisotopic (exact) mass is 582 g/mol. The topological polar surface area (TPSA) is 66.9 Å².